The third kappa shape index (κ3) is 4.53. The Hall–Kier alpha value is -3.13. The predicted octanol–water partition coefficient (Wildman–Crippen LogP) is 1.98. The SMILES string of the molecule is NC(=O)c1ccc(NC(=O)/C=C/c2ccc(N3CCCS3(=O)=O)cc2)cc1. The van der Waals surface area contributed by atoms with Gasteiger partial charge in [-0.25, -0.2) is 8.42 Å². The standard InChI is InChI=1S/C19H19N3O4S/c20-19(24)15-5-7-16(8-6-15)21-18(23)11-4-14-2-9-17(10-3-14)22-12-1-13-27(22,25)26/h2-11H,1,12-13H2,(H2,20,24)(H,21,23)/b11-4+. The van der Waals surface area contributed by atoms with Gasteiger partial charge in [-0.15, -0.1) is 0 Å². The first-order chi connectivity index (χ1) is 12.8. The largest absolute Gasteiger partial charge is 0.366 e. The van der Waals surface area contributed by atoms with Crippen LogP contribution in [0.1, 0.15) is 22.3 Å². The molecule has 27 heavy (non-hydrogen) atoms. The molecule has 1 saturated heterocycles. The lowest BCUT2D eigenvalue weighted by molar-refractivity contribution is -0.111. The highest BCUT2D eigenvalue weighted by Crippen LogP contribution is 2.24. The van der Waals surface area contributed by atoms with E-state index in [1.54, 1.807) is 42.5 Å². The maximum Gasteiger partial charge on any atom is 0.248 e. The number of hydrogen-bond acceptors (Lipinski definition) is 4. The minimum absolute atomic E-state index is 0.176. The van der Waals surface area contributed by atoms with Crippen LogP contribution in [-0.4, -0.2) is 32.5 Å². The fraction of sp³-hybridized carbons (Fsp3) is 0.158. The molecule has 0 aromatic heterocycles. The van der Waals surface area contributed by atoms with Gasteiger partial charge in [0.25, 0.3) is 0 Å². The Morgan fingerprint density at radius 3 is 2.26 bits per heavy atom. The fourth-order valence-corrected chi connectivity index (χ4v) is 4.32. The molecule has 8 heteroatoms. The zero-order chi connectivity index (χ0) is 19.4. The van der Waals surface area contributed by atoms with E-state index in [0.717, 1.165) is 5.56 Å². The van der Waals surface area contributed by atoms with Gasteiger partial charge in [0.1, 0.15) is 0 Å². The lowest BCUT2D eigenvalue weighted by Crippen LogP contribution is -2.24. The normalized spacial score (nSPS) is 15.8. The van der Waals surface area contributed by atoms with Gasteiger partial charge in [-0.3, -0.25) is 13.9 Å². The number of carbonyl (C=O) groups is 2. The molecule has 0 aliphatic carbocycles. The number of hydrogen-bond donors (Lipinski definition) is 2. The molecule has 2 aromatic carbocycles. The highest BCUT2D eigenvalue weighted by atomic mass is 32.2. The zero-order valence-electron chi connectivity index (χ0n) is 14.5. The summed E-state index contributed by atoms with van der Waals surface area (Å²) >= 11 is 0. The van der Waals surface area contributed by atoms with Crippen LogP contribution in [0.4, 0.5) is 11.4 Å². The number of rotatable bonds is 5. The van der Waals surface area contributed by atoms with Crippen molar-refractivity contribution >= 4 is 39.3 Å². The molecule has 1 heterocycles. The lowest BCUT2D eigenvalue weighted by atomic mass is 10.2. The topological polar surface area (TPSA) is 110 Å². The average molecular weight is 385 g/mol. The molecule has 2 aromatic rings. The Balaban J connectivity index is 1.62. The Labute approximate surface area is 157 Å². The van der Waals surface area contributed by atoms with Crippen molar-refractivity contribution < 1.29 is 18.0 Å². The maximum atomic E-state index is 12.0. The second-order valence-electron chi connectivity index (χ2n) is 6.10. The van der Waals surface area contributed by atoms with E-state index in [2.05, 4.69) is 5.32 Å². The van der Waals surface area contributed by atoms with Crippen LogP contribution in [0.5, 0.6) is 0 Å². The third-order valence-electron chi connectivity index (χ3n) is 4.14. The molecule has 140 valence electrons. The minimum atomic E-state index is -3.20. The summed E-state index contributed by atoms with van der Waals surface area (Å²) in [4.78, 5) is 23.0. The molecule has 1 aliphatic heterocycles. The van der Waals surface area contributed by atoms with E-state index in [9.17, 15) is 18.0 Å². The number of nitrogens with one attached hydrogen (secondary N) is 1. The van der Waals surface area contributed by atoms with Crippen molar-refractivity contribution in [1.29, 1.82) is 0 Å². The van der Waals surface area contributed by atoms with Crippen molar-refractivity contribution in [3.63, 3.8) is 0 Å². The Morgan fingerprint density at radius 2 is 1.70 bits per heavy atom. The molecule has 3 rings (SSSR count). The highest BCUT2D eigenvalue weighted by Gasteiger charge is 2.28. The molecule has 2 amide bonds. The molecule has 0 radical (unpaired) electrons. The summed E-state index contributed by atoms with van der Waals surface area (Å²) in [6.07, 6.45) is 3.64. The van der Waals surface area contributed by atoms with Crippen molar-refractivity contribution in [1.82, 2.24) is 0 Å². The van der Waals surface area contributed by atoms with Crippen molar-refractivity contribution in [2.24, 2.45) is 5.73 Å². The molecule has 0 unspecified atom stereocenters. The van der Waals surface area contributed by atoms with E-state index in [-0.39, 0.29) is 11.7 Å². The number of sulfonamides is 1. The van der Waals surface area contributed by atoms with Gasteiger partial charge in [0.05, 0.1) is 11.4 Å². The van der Waals surface area contributed by atoms with Gasteiger partial charge in [0.15, 0.2) is 0 Å². The monoisotopic (exact) mass is 385 g/mol. The molecular formula is C19H19N3O4S. The van der Waals surface area contributed by atoms with Crippen LogP contribution < -0.4 is 15.4 Å². The molecule has 3 N–H and O–H groups in total. The van der Waals surface area contributed by atoms with Crippen LogP contribution >= 0.6 is 0 Å². The summed E-state index contributed by atoms with van der Waals surface area (Å²) in [5, 5.41) is 2.68. The van der Waals surface area contributed by atoms with Gasteiger partial charge in [-0.1, -0.05) is 12.1 Å². The first-order valence-electron chi connectivity index (χ1n) is 8.34. The Morgan fingerprint density at radius 1 is 1.04 bits per heavy atom. The lowest BCUT2D eigenvalue weighted by Gasteiger charge is -2.16. The molecule has 0 atom stereocenters. The van der Waals surface area contributed by atoms with E-state index in [1.807, 2.05) is 0 Å². The van der Waals surface area contributed by atoms with Gasteiger partial charge in [0.2, 0.25) is 21.8 Å². The Kier molecular flexibility index (Phi) is 5.27. The van der Waals surface area contributed by atoms with Gasteiger partial charge >= 0.3 is 0 Å². The second-order valence-corrected chi connectivity index (χ2v) is 8.11. The number of carbonyl (C=O) groups excluding carboxylic acids is 2. The van der Waals surface area contributed by atoms with Crippen LogP contribution in [0.25, 0.3) is 6.08 Å². The predicted molar refractivity (Wildman–Crippen MR) is 105 cm³/mol. The molecule has 1 fully saturated rings. The van der Waals surface area contributed by atoms with Crippen LogP contribution in [0.15, 0.2) is 54.6 Å². The quantitative estimate of drug-likeness (QED) is 0.767. The fourth-order valence-electron chi connectivity index (χ4n) is 2.75. The summed E-state index contributed by atoms with van der Waals surface area (Å²) in [7, 11) is -3.20. The van der Waals surface area contributed by atoms with Crippen LogP contribution in [0, 0.1) is 0 Å². The number of nitrogens with zero attached hydrogens (tertiary/aromatic N) is 1. The van der Waals surface area contributed by atoms with E-state index >= 15 is 0 Å². The molecule has 0 saturated carbocycles. The molecule has 1 aliphatic rings. The Bertz CT molecular complexity index is 981. The smallest absolute Gasteiger partial charge is 0.248 e. The van der Waals surface area contributed by atoms with Crippen LogP contribution in [0.3, 0.4) is 0 Å². The van der Waals surface area contributed by atoms with Crippen molar-refractivity contribution in [2.45, 2.75) is 6.42 Å². The first kappa shape index (κ1) is 18.7. The summed E-state index contributed by atoms with van der Waals surface area (Å²) in [6, 6.07) is 13.2. The second kappa shape index (κ2) is 7.63. The van der Waals surface area contributed by atoms with Gasteiger partial charge < -0.3 is 11.1 Å². The minimum Gasteiger partial charge on any atom is -0.366 e. The molecular weight excluding hydrogens is 366 g/mol. The van der Waals surface area contributed by atoms with E-state index in [4.69, 9.17) is 5.73 Å². The van der Waals surface area contributed by atoms with Gasteiger partial charge in [0, 0.05) is 23.9 Å². The number of benzene rings is 2. The van der Waals surface area contributed by atoms with E-state index in [0.29, 0.717) is 29.9 Å². The number of nitrogens with two attached hydrogens (primary N) is 1. The number of primary amides is 1. The van der Waals surface area contributed by atoms with Gasteiger partial charge in [-0.05, 0) is 54.5 Å². The summed E-state index contributed by atoms with van der Waals surface area (Å²) in [6.45, 7) is 0.495. The summed E-state index contributed by atoms with van der Waals surface area (Å²) in [5.74, 6) is -0.680. The number of anilines is 2. The van der Waals surface area contributed by atoms with E-state index in [1.165, 1.54) is 22.5 Å². The van der Waals surface area contributed by atoms with Crippen molar-refractivity contribution in [3.05, 3.63) is 65.7 Å². The average Bonchev–Trinajstić information content (AvgIpc) is 3.00. The zero-order valence-corrected chi connectivity index (χ0v) is 15.3. The van der Waals surface area contributed by atoms with E-state index < -0.39 is 15.9 Å². The molecule has 7 nitrogen and oxygen atoms in total. The molecule has 0 bridgehead atoms. The maximum absolute atomic E-state index is 12.0. The van der Waals surface area contributed by atoms with Crippen molar-refractivity contribution in [3.8, 4) is 0 Å². The van der Waals surface area contributed by atoms with Gasteiger partial charge in [-0.2, -0.15) is 0 Å². The summed E-state index contributed by atoms with van der Waals surface area (Å²) in [5.41, 5.74) is 7.48. The molecule has 0 spiro atoms. The summed E-state index contributed by atoms with van der Waals surface area (Å²) < 4.78 is 25.3. The number of amides is 2. The first-order valence-corrected chi connectivity index (χ1v) is 9.95. The van der Waals surface area contributed by atoms with Crippen LogP contribution in [0.2, 0.25) is 0 Å². The highest BCUT2D eigenvalue weighted by molar-refractivity contribution is 7.93. The van der Waals surface area contributed by atoms with Crippen molar-refractivity contribution in [2.75, 3.05) is 21.9 Å². The van der Waals surface area contributed by atoms with Crippen LogP contribution in [-0.2, 0) is 14.8 Å². The third-order valence-corrected chi connectivity index (χ3v) is 6.01.